The van der Waals surface area contributed by atoms with Crippen LogP contribution < -0.4 is 5.32 Å². The summed E-state index contributed by atoms with van der Waals surface area (Å²) in [4.78, 5) is 24.1. The highest BCUT2D eigenvalue weighted by Gasteiger charge is 2.24. The number of carbonyl (C=O) groups excluding carboxylic acids is 2. The lowest BCUT2D eigenvalue weighted by Crippen LogP contribution is -2.42. The molecule has 1 aromatic rings. The Balaban J connectivity index is 2.86. The monoisotopic (exact) mass is 342 g/mol. The number of benzene rings is 1. The van der Waals surface area contributed by atoms with Gasteiger partial charge in [-0.3, -0.25) is 4.79 Å². The van der Waals surface area contributed by atoms with E-state index in [-0.39, 0.29) is 23.1 Å². The van der Waals surface area contributed by atoms with E-state index in [4.69, 9.17) is 33.2 Å². The smallest absolute Gasteiger partial charge is 0.329 e. The summed E-state index contributed by atoms with van der Waals surface area (Å²) in [5, 5.41) is 11.6. The molecule has 1 aromatic carbocycles. The summed E-state index contributed by atoms with van der Waals surface area (Å²) >= 11 is 11.8. The van der Waals surface area contributed by atoms with Crippen molar-refractivity contribution in [2.75, 3.05) is 6.61 Å². The molecular weight excluding hydrogens is 327 g/mol. The number of nitrogens with zero attached hydrogens (tertiary/aromatic N) is 1. The number of hydrogen-bond acceptors (Lipinski definition) is 4. The number of halogens is 2. The first-order valence-corrected chi connectivity index (χ1v) is 7.40. The first kappa shape index (κ1) is 18.3. The predicted molar refractivity (Wildman–Crippen MR) is 83.7 cm³/mol. The minimum atomic E-state index is -0.840. The lowest BCUT2D eigenvalue weighted by atomic mass is 10.0. The van der Waals surface area contributed by atoms with Gasteiger partial charge in [0.25, 0.3) is 5.91 Å². The van der Waals surface area contributed by atoms with Crippen LogP contribution in [0.4, 0.5) is 0 Å². The topological polar surface area (TPSA) is 79.2 Å². The van der Waals surface area contributed by atoms with Crippen LogP contribution >= 0.6 is 23.2 Å². The number of nitrogens with one attached hydrogen (secondary N) is 1. The standard InChI is InChI=1S/C15H16Cl2N2O3/c1-9(2)7-13(15(21)22-6-5-18)19-14(20)11-4-3-10(16)8-12(11)17/h3-4,8-9,13H,6-7H2,1-2H3,(H,19,20)/t13-/m0/s1. The Bertz CT molecular complexity index is 597. The zero-order chi connectivity index (χ0) is 16.7. The molecule has 0 fully saturated rings. The van der Waals surface area contributed by atoms with Crippen molar-refractivity contribution in [3.8, 4) is 6.07 Å². The Labute approximate surface area is 139 Å². The van der Waals surface area contributed by atoms with Crippen molar-refractivity contribution in [2.24, 2.45) is 5.92 Å². The maximum Gasteiger partial charge on any atom is 0.329 e. The van der Waals surface area contributed by atoms with E-state index < -0.39 is 17.9 Å². The van der Waals surface area contributed by atoms with E-state index in [1.165, 1.54) is 18.2 Å². The zero-order valence-corrected chi connectivity index (χ0v) is 13.7. The number of esters is 1. The van der Waals surface area contributed by atoms with Gasteiger partial charge in [0.2, 0.25) is 0 Å². The zero-order valence-electron chi connectivity index (χ0n) is 12.2. The molecule has 1 atom stereocenters. The van der Waals surface area contributed by atoms with E-state index in [9.17, 15) is 9.59 Å². The second-order valence-corrected chi connectivity index (χ2v) is 5.89. The third kappa shape index (κ3) is 5.55. The van der Waals surface area contributed by atoms with E-state index in [1.807, 2.05) is 13.8 Å². The lowest BCUT2D eigenvalue weighted by Gasteiger charge is -2.19. The molecule has 1 N–H and O–H groups in total. The van der Waals surface area contributed by atoms with Crippen molar-refractivity contribution in [3.05, 3.63) is 33.8 Å². The Kier molecular flexibility index (Phi) is 7.16. The number of amides is 1. The first-order valence-electron chi connectivity index (χ1n) is 6.64. The Morgan fingerprint density at radius 3 is 2.59 bits per heavy atom. The number of rotatable bonds is 6. The van der Waals surface area contributed by atoms with Crippen molar-refractivity contribution in [2.45, 2.75) is 26.3 Å². The van der Waals surface area contributed by atoms with Crippen molar-refractivity contribution in [1.82, 2.24) is 5.32 Å². The fraction of sp³-hybridized carbons (Fsp3) is 0.400. The van der Waals surface area contributed by atoms with E-state index in [0.717, 1.165) is 0 Å². The van der Waals surface area contributed by atoms with E-state index >= 15 is 0 Å². The molecule has 0 spiro atoms. The van der Waals surface area contributed by atoms with Crippen LogP contribution in [0.5, 0.6) is 0 Å². The largest absolute Gasteiger partial charge is 0.449 e. The second kappa shape index (κ2) is 8.62. The normalized spacial score (nSPS) is 11.6. The summed E-state index contributed by atoms with van der Waals surface area (Å²) in [6.07, 6.45) is 0.390. The molecule has 0 saturated carbocycles. The van der Waals surface area contributed by atoms with E-state index in [2.05, 4.69) is 5.32 Å². The van der Waals surface area contributed by atoms with Crippen LogP contribution in [0.2, 0.25) is 10.0 Å². The van der Waals surface area contributed by atoms with Crippen LogP contribution in [0.3, 0.4) is 0 Å². The third-order valence-corrected chi connectivity index (χ3v) is 3.30. The number of hydrogen-bond donors (Lipinski definition) is 1. The average Bonchev–Trinajstić information content (AvgIpc) is 2.43. The first-order chi connectivity index (χ1) is 10.3. The van der Waals surface area contributed by atoms with Gasteiger partial charge in [0.15, 0.2) is 6.61 Å². The molecule has 7 heteroatoms. The Morgan fingerprint density at radius 2 is 2.05 bits per heavy atom. The molecule has 5 nitrogen and oxygen atoms in total. The molecule has 0 unspecified atom stereocenters. The average molecular weight is 343 g/mol. The SMILES string of the molecule is CC(C)C[C@H](NC(=O)c1ccc(Cl)cc1Cl)C(=O)OCC#N. The fourth-order valence-electron chi connectivity index (χ4n) is 1.80. The Morgan fingerprint density at radius 1 is 1.36 bits per heavy atom. The second-order valence-electron chi connectivity index (χ2n) is 5.05. The molecule has 0 aliphatic rings. The molecule has 0 saturated heterocycles. The Hall–Kier alpha value is -1.77. The van der Waals surface area contributed by atoms with E-state index in [1.54, 1.807) is 6.07 Å². The van der Waals surface area contributed by atoms with Crippen LogP contribution in [0.15, 0.2) is 18.2 Å². The molecule has 118 valence electrons. The van der Waals surface area contributed by atoms with Gasteiger partial charge < -0.3 is 10.1 Å². The highest BCUT2D eigenvalue weighted by molar-refractivity contribution is 6.36. The minimum Gasteiger partial charge on any atom is -0.449 e. The number of carbonyl (C=O) groups is 2. The van der Waals surface area contributed by atoms with Gasteiger partial charge in [-0.1, -0.05) is 37.0 Å². The highest BCUT2D eigenvalue weighted by atomic mass is 35.5. The molecule has 22 heavy (non-hydrogen) atoms. The van der Waals surface area contributed by atoms with Crippen molar-refractivity contribution in [3.63, 3.8) is 0 Å². The summed E-state index contributed by atoms with van der Waals surface area (Å²) in [6, 6.07) is 5.34. The summed E-state index contributed by atoms with van der Waals surface area (Å²) in [5.41, 5.74) is 0.216. The van der Waals surface area contributed by atoms with Crippen LogP contribution in [0.25, 0.3) is 0 Å². The number of nitriles is 1. The van der Waals surface area contributed by atoms with Gasteiger partial charge in [0.1, 0.15) is 12.1 Å². The van der Waals surface area contributed by atoms with Gasteiger partial charge in [-0.05, 0) is 30.5 Å². The molecule has 0 heterocycles. The van der Waals surface area contributed by atoms with Gasteiger partial charge in [0.05, 0.1) is 10.6 Å². The molecule has 0 aromatic heterocycles. The van der Waals surface area contributed by atoms with Crippen LogP contribution in [-0.2, 0) is 9.53 Å². The van der Waals surface area contributed by atoms with E-state index in [0.29, 0.717) is 11.4 Å². The molecular formula is C15H16Cl2N2O3. The maximum absolute atomic E-state index is 12.2. The minimum absolute atomic E-state index is 0.153. The van der Waals surface area contributed by atoms with Gasteiger partial charge in [0, 0.05) is 5.02 Å². The third-order valence-electron chi connectivity index (χ3n) is 2.75. The predicted octanol–water partition coefficient (Wildman–Crippen LogP) is 3.20. The summed E-state index contributed by atoms with van der Waals surface area (Å²) in [7, 11) is 0. The summed E-state index contributed by atoms with van der Waals surface area (Å²) < 4.78 is 4.77. The fourth-order valence-corrected chi connectivity index (χ4v) is 2.29. The van der Waals surface area contributed by atoms with Crippen molar-refractivity contribution >= 4 is 35.1 Å². The highest BCUT2D eigenvalue weighted by Crippen LogP contribution is 2.21. The van der Waals surface area contributed by atoms with Crippen molar-refractivity contribution in [1.29, 1.82) is 5.26 Å². The van der Waals surface area contributed by atoms with Gasteiger partial charge in [-0.15, -0.1) is 0 Å². The molecule has 0 aliphatic carbocycles. The molecule has 0 aliphatic heterocycles. The van der Waals surface area contributed by atoms with Gasteiger partial charge in [-0.25, -0.2) is 4.79 Å². The lowest BCUT2D eigenvalue weighted by molar-refractivity contribution is -0.144. The summed E-state index contributed by atoms with van der Waals surface area (Å²) in [6.45, 7) is 3.46. The van der Waals surface area contributed by atoms with Crippen molar-refractivity contribution < 1.29 is 14.3 Å². The van der Waals surface area contributed by atoms with Gasteiger partial charge in [-0.2, -0.15) is 5.26 Å². The molecule has 1 amide bonds. The number of ether oxygens (including phenoxy) is 1. The summed E-state index contributed by atoms with van der Waals surface area (Å²) in [5.74, 6) is -0.990. The van der Waals surface area contributed by atoms with Gasteiger partial charge >= 0.3 is 5.97 Å². The molecule has 0 bridgehead atoms. The molecule has 1 rings (SSSR count). The molecule has 0 radical (unpaired) electrons. The van der Waals surface area contributed by atoms with Crippen LogP contribution in [-0.4, -0.2) is 24.5 Å². The van der Waals surface area contributed by atoms with Crippen LogP contribution in [0, 0.1) is 17.2 Å². The maximum atomic E-state index is 12.2. The quantitative estimate of drug-likeness (QED) is 0.805. The van der Waals surface area contributed by atoms with Crippen LogP contribution in [0.1, 0.15) is 30.6 Å².